The van der Waals surface area contributed by atoms with E-state index in [1.54, 1.807) is 0 Å². The summed E-state index contributed by atoms with van der Waals surface area (Å²) in [7, 11) is 0. The van der Waals surface area contributed by atoms with Crippen molar-refractivity contribution in [3.8, 4) is 0 Å². The molecule has 1 saturated heterocycles. The van der Waals surface area contributed by atoms with Crippen molar-refractivity contribution in [2.75, 3.05) is 18.0 Å². The summed E-state index contributed by atoms with van der Waals surface area (Å²) in [5.74, 6) is -0.111. The van der Waals surface area contributed by atoms with Gasteiger partial charge in [0.2, 0.25) is 0 Å². The average Bonchev–Trinajstić information content (AvgIpc) is 2.63. The van der Waals surface area contributed by atoms with E-state index >= 15 is 0 Å². The van der Waals surface area contributed by atoms with Crippen molar-refractivity contribution in [1.82, 2.24) is 4.98 Å². The second-order valence-electron chi connectivity index (χ2n) is 5.34. The third-order valence-electron chi connectivity index (χ3n) is 4.01. The van der Waals surface area contributed by atoms with Gasteiger partial charge in [0.1, 0.15) is 5.56 Å². The minimum absolute atomic E-state index is 0.320. The van der Waals surface area contributed by atoms with Crippen LogP contribution >= 0.6 is 0 Å². The maximum Gasteiger partial charge on any atom is 0.339 e. The average molecular weight is 262 g/mol. The monoisotopic (exact) mass is 262 g/mol. The lowest BCUT2D eigenvalue weighted by molar-refractivity contribution is 0.0697. The standard InChI is InChI=1S/C15H22N2O2/c1-3-12-5-4-7-17(8-6-12)14-9-11(2)16-10-13(14)15(18)19/h9-10,12H,3-8H2,1-2H3,(H,18,19). The molecule has 0 amide bonds. The number of nitrogens with zero attached hydrogens (tertiary/aromatic N) is 2. The summed E-state index contributed by atoms with van der Waals surface area (Å²) in [4.78, 5) is 17.6. The number of hydrogen-bond acceptors (Lipinski definition) is 3. The van der Waals surface area contributed by atoms with Crippen molar-refractivity contribution in [1.29, 1.82) is 0 Å². The zero-order valence-corrected chi connectivity index (χ0v) is 11.7. The van der Waals surface area contributed by atoms with E-state index in [2.05, 4.69) is 16.8 Å². The number of aromatic carboxylic acids is 1. The molecule has 104 valence electrons. The first-order chi connectivity index (χ1) is 9.11. The predicted molar refractivity (Wildman–Crippen MR) is 75.8 cm³/mol. The van der Waals surface area contributed by atoms with Gasteiger partial charge in [0.15, 0.2) is 0 Å². The number of carbonyl (C=O) groups is 1. The lowest BCUT2D eigenvalue weighted by Crippen LogP contribution is -2.26. The van der Waals surface area contributed by atoms with Gasteiger partial charge in [-0.3, -0.25) is 4.98 Å². The van der Waals surface area contributed by atoms with Gasteiger partial charge in [-0.1, -0.05) is 13.3 Å². The minimum atomic E-state index is -0.890. The Morgan fingerprint density at radius 3 is 2.95 bits per heavy atom. The zero-order chi connectivity index (χ0) is 13.8. The van der Waals surface area contributed by atoms with Crippen LogP contribution in [0.25, 0.3) is 0 Å². The first kappa shape index (κ1) is 13.8. The third kappa shape index (κ3) is 3.25. The highest BCUT2D eigenvalue weighted by atomic mass is 16.4. The fourth-order valence-electron chi connectivity index (χ4n) is 2.79. The van der Waals surface area contributed by atoms with E-state index in [-0.39, 0.29) is 0 Å². The molecule has 0 aromatic carbocycles. The molecule has 0 saturated carbocycles. The van der Waals surface area contributed by atoms with Gasteiger partial charge >= 0.3 is 5.97 Å². The lowest BCUT2D eigenvalue weighted by atomic mass is 9.98. The number of aryl methyl sites for hydroxylation is 1. The molecule has 4 heteroatoms. The van der Waals surface area contributed by atoms with Gasteiger partial charge in [-0.25, -0.2) is 4.79 Å². The molecule has 1 aromatic rings. The molecule has 0 radical (unpaired) electrons. The molecule has 1 unspecified atom stereocenters. The van der Waals surface area contributed by atoms with Crippen LogP contribution in [0.1, 0.15) is 48.7 Å². The Morgan fingerprint density at radius 1 is 1.47 bits per heavy atom. The lowest BCUT2D eigenvalue weighted by Gasteiger charge is -2.24. The first-order valence-electron chi connectivity index (χ1n) is 7.06. The summed E-state index contributed by atoms with van der Waals surface area (Å²) >= 11 is 0. The summed E-state index contributed by atoms with van der Waals surface area (Å²) in [6.45, 7) is 6.03. The second-order valence-corrected chi connectivity index (χ2v) is 5.34. The van der Waals surface area contributed by atoms with Crippen molar-refractivity contribution in [2.24, 2.45) is 5.92 Å². The van der Waals surface area contributed by atoms with Crippen molar-refractivity contribution in [2.45, 2.75) is 39.5 Å². The molecule has 0 spiro atoms. The molecule has 0 bridgehead atoms. The van der Waals surface area contributed by atoms with Crippen LogP contribution in [-0.2, 0) is 0 Å². The maximum atomic E-state index is 11.3. The molecule has 1 N–H and O–H groups in total. The molecule has 19 heavy (non-hydrogen) atoms. The quantitative estimate of drug-likeness (QED) is 0.909. The van der Waals surface area contributed by atoms with Gasteiger partial charge in [0.25, 0.3) is 0 Å². The van der Waals surface area contributed by atoms with Crippen LogP contribution < -0.4 is 4.90 Å². The Hall–Kier alpha value is -1.58. The number of hydrogen-bond donors (Lipinski definition) is 1. The van der Waals surface area contributed by atoms with E-state index in [0.717, 1.165) is 43.2 Å². The molecule has 1 atom stereocenters. The topological polar surface area (TPSA) is 53.4 Å². The van der Waals surface area contributed by atoms with Crippen LogP contribution in [-0.4, -0.2) is 29.1 Å². The van der Waals surface area contributed by atoms with E-state index in [4.69, 9.17) is 0 Å². The highest BCUT2D eigenvalue weighted by Gasteiger charge is 2.20. The van der Waals surface area contributed by atoms with Crippen LogP contribution in [0.15, 0.2) is 12.3 Å². The minimum Gasteiger partial charge on any atom is -0.478 e. The fraction of sp³-hybridized carbons (Fsp3) is 0.600. The zero-order valence-electron chi connectivity index (χ0n) is 11.7. The molecular formula is C15H22N2O2. The summed E-state index contributed by atoms with van der Waals surface area (Å²) in [6.07, 6.45) is 6.24. The number of carboxylic acids is 1. The van der Waals surface area contributed by atoms with Crippen molar-refractivity contribution < 1.29 is 9.90 Å². The molecule has 2 heterocycles. The Morgan fingerprint density at radius 2 is 2.26 bits per heavy atom. The van der Waals surface area contributed by atoms with Gasteiger partial charge in [-0.05, 0) is 38.2 Å². The van der Waals surface area contributed by atoms with Crippen LogP contribution in [0.2, 0.25) is 0 Å². The van der Waals surface area contributed by atoms with Crippen LogP contribution in [0.4, 0.5) is 5.69 Å². The van der Waals surface area contributed by atoms with E-state index in [0.29, 0.717) is 5.56 Å². The van der Waals surface area contributed by atoms with Gasteiger partial charge in [-0.15, -0.1) is 0 Å². The SMILES string of the molecule is CCC1CCCN(c2cc(C)ncc2C(=O)O)CC1. The molecule has 4 nitrogen and oxygen atoms in total. The Kier molecular flexibility index (Phi) is 4.40. The summed E-state index contributed by atoms with van der Waals surface area (Å²) in [5.41, 5.74) is 2.02. The number of pyridine rings is 1. The molecule has 1 aliphatic rings. The van der Waals surface area contributed by atoms with Gasteiger partial charge < -0.3 is 10.0 Å². The van der Waals surface area contributed by atoms with Crippen LogP contribution in [0, 0.1) is 12.8 Å². The summed E-state index contributed by atoms with van der Waals surface area (Å²) in [5, 5.41) is 9.29. The van der Waals surface area contributed by atoms with Crippen molar-refractivity contribution >= 4 is 11.7 Å². The fourth-order valence-corrected chi connectivity index (χ4v) is 2.79. The first-order valence-corrected chi connectivity index (χ1v) is 7.06. The van der Waals surface area contributed by atoms with E-state index in [1.165, 1.54) is 19.0 Å². The van der Waals surface area contributed by atoms with E-state index in [1.807, 2.05) is 13.0 Å². The van der Waals surface area contributed by atoms with E-state index in [9.17, 15) is 9.90 Å². The Labute approximate surface area is 114 Å². The number of rotatable bonds is 3. The molecular weight excluding hydrogens is 240 g/mol. The maximum absolute atomic E-state index is 11.3. The van der Waals surface area contributed by atoms with Crippen LogP contribution in [0.5, 0.6) is 0 Å². The summed E-state index contributed by atoms with van der Waals surface area (Å²) in [6, 6.07) is 1.90. The third-order valence-corrected chi connectivity index (χ3v) is 4.01. The Bertz CT molecular complexity index is 459. The largest absolute Gasteiger partial charge is 0.478 e. The van der Waals surface area contributed by atoms with Crippen LogP contribution in [0.3, 0.4) is 0 Å². The number of carboxylic acid groups (broad SMARTS) is 1. The molecule has 1 aromatic heterocycles. The predicted octanol–water partition coefficient (Wildman–Crippen LogP) is 3.10. The second kappa shape index (κ2) is 6.04. The van der Waals surface area contributed by atoms with Crippen molar-refractivity contribution in [3.05, 3.63) is 23.5 Å². The molecule has 1 aliphatic heterocycles. The van der Waals surface area contributed by atoms with E-state index < -0.39 is 5.97 Å². The Balaban J connectivity index is 2.25. The van der Waals surface area contributed by atoms with Gasteiger partial charge in [0.05, 0.1) is 5.69 Å². The number of anilines is 1. The van der Waals surface area contributed by atoms with Gasteiger partial charge in [-0.2, -0.15) is 0 Å². The van der Waals surface area contributed by atoms with Crippen molar-refractivity contribution in [3.63, 3.8) is 0 Å². The smallest absolute Gasteiger partial charge is 0.339 e. The highest BCUT2D eigenvalue weighted by molar-refractivity contribution is 5.94. The summed E-state index contributed by atoms with van der Waals surface area (Å²) < 4.78 is 0. The highest BCUT2D eigenvalue weighted by Crippen LogP contribution is 2.27. The molecule has 1 fully saturated rings. The normalized spacial score (nSPS) is 20.1. The number of aromatic nitrogens is 1. The molecule has 0 aliphatic carbocycles. The molecule has 2 rings (SSSR count). The van der Waals surface area contributed by atoms with Gasteiger partial charge in [0, 0.05) is 25.0 Å².